The molecular weight excluding hydrogens is 490 g/mol. The molecule has 1 aliphatic carbocycles. The van der Waals surface area contributed by atoms with Crippen LogP contribution in [0.4, 0.5) is 16.6 Å². The van der Waals surface area contributed by atoms with Crippen LogP contribution >= 0.6 is 0 Å². The Balaban J connectivity index is 1.29. The summed E-state index contributed by atoms with van der Waals surface area (Å²) in [4.78, 5) is 33.4. The van der Waals surface area contributed by atoms with Crippen molar-refractivity contribution in [3.05, 3.63) is 48.0 Å². The van der Waals surface area contributed by atoms with Gasteiger partial charge in [0.2, 0.25) is 5.95 Å². The highest BCUT2D eigenvalue weighted by atomic mass is 16.6. The maximum Gasteiger partial charge on any atom is 0.410 e. The lowest BCUT2D eigenvalue weighted by Gasteiger charge is -2.33. The fourth-order valence-electron chi connectivity index (χ4n) is 6.00. The van der Waals surface area contributed by atoms with Crippen LogP contribution in [0.25, 0.3) is 21.9 Å². The molecule has 1 unspecified atom stereocenters. The average molecular weight is 528 g/mol. The van der Waals surface area contributed by atoms with Gasteiger partial charge in [0, 0.05) is 41.7 Å². The molecule has 5 heterocycles. The summed E-state index contributed by atoms with van der Waals surface area (Å²) < 4.78 is 7.97. The van der Waals surface area contributed by atoms with E-state index in [1.54, 1.807) is 4.90 Å². The quantitative estimate of drug-likeness (QED) is 0.316. The van der Waals surface area contributed by atoms with Gasteiger partial charge in [-0.15, -0.1) is 0 Å². The van der Waals surface area contributed by atoms with Crippen molar-refractivity contribution in [3.63, 3.8) is 0 Å². The van der Waals surface area contributed by atoms with E-state index in [1.165, 1.54) is 12.8 Å². The third-order valence-corrected chi connectivity index (χ3v) is 7.92. The number of carbonyl (C=O) groups excluding carboxylic acids is 1. The van der Waals surface area contributed by atoms with Crippen LogP contribution < -0.4 is 5.32 Å². The van der Waals surface area contributed by atoms with E-state index in [2.05, 4.69) is 39.8 Å². The molecule has 1 amide bonds. The summed E-state index contributed by atoms with van der Waals surface area (Å²) in [6.45, 7) is 11.1. The highest BCUT2D eigenvalue weighted by Crippen LogP contribution is 2.38. The molecule has 2 aliphatic rings. The van der Waals surface area contributed by atoms with E-state index in [9.17, 15) is 4.79 Å². The van der Waals surface area contributed by atoms with E-state index in [-0.39, 0.29) is 12.0 Å². The smallest absolute Gasteiger partial charge is 0.410 e. The molecule has 0 radical (unpaired) electrons. The zero-order chi connectivity index (χ0) is 27.3. The Kier molecular flexibility index (Phi) is 6.40. The molecule has 0 bridgehead atoms. The van der Waals surface area contributed by atoms with Gasteiger partial charge in [0.1, 0.15) is 17.1 Å². The van der Waals surface area contributed by atoms with Gasteiger partial charge in [-0.25, -0.2) is 14.8 Å². The Bertz CT molecular complexity index is 1530. The SMILES string of the molecule is CC1CN(C(=O)OC(C)(C)C)Cc2ccc(Nc3ncc4c5ccncc5n([C@H]5CC[C@H](C)CC5)c4n3)nc21. The van der Waals surface area contributed by atoms with Crippen molar-refractivity contribution in [2.24, 2.45) is 5.92 Å². The van der Waals surface area contributed by atoms with Gasteiger partial charge in [0.15, 0.2) is 0 Å². The third-order valence-electron chi connectivity index (χ3n) is 7.92. The second-order valence-corrected chi connectivity index (χ2v) is 12.2. The minimum Gasteiger partial charge on any atom is -0.444 e. The van der Waals surface area contributed by atoms with Crippen LogP contribution in [0.5, 0.6) is 0 Å². The number of hydrogen-bond donors (Lipinski definition) is 1. The molecule has 9 heteroatoms. The molecule has 0 saturated heterocycles. The number of amides is 1. The lowest BCUT2D eigenvalue weighted by molar-refractivity contribution is 0.0207. The molecule has 1 fully saturated rings. The monoisotopic (exact) mass is 527 g/mol. The number of anilines is 2. The number of fused-ring (bicyclic) bond motifs is 4. The molecule has 1 atom stereocenters. The van der Waals surface area contributed by atoms with Gasteiger partial charge in [0.05, 0.1) is 24.0 Å². The van der Waals surface area contributed by atoms with Gasteiger partial charge in [-0.05, 0) is 70.1 Å². The number of ether oxygens (including phenoxy) is 1. The first-order chi connectivity index (χ1) is 18.7. The number of rotatable bonds is 3. The van der Waals surface area contributed by atoms with Crippen LogP contribution in [0.2, 0.25) is 0 Å². The molecule has 6 rings (SSSR count). The lowest BCUT2D eigenvalue weighted by Crippen LogP contribution is -2.41. The van der Waals surface area contributed by atoms with Crippen molar-refractivity contribution in [3.8, 4) is 0 Å². The van der Waals surface area contributed by atoms with Crippen LogP contribution in [0, 0.1) is 5.92 Å². The Labute approximate surface area is 229 Å². The first-order valence-corrected chi connectivity index (χ1v) is 14.0. The van der Waals surface area contributed by atoms with Gasteiger partial charge in [-0.1, -0.05) is 19.9 Å². The summed E-state index contributed by atoms with van der Waals surface area (Å²) in [6.07, 6.45) is 10.2. The van der Waals surface area contributed by atoms with Crippen LogP contribution in [-0.4, -0.2) is 47.6 Å². The largest absolute Gasteiger partial charge is 0.444 e. The van der Waals surface area contributed by atoms with Gasteiger partial charge in [0.25, 0.3) is 0 Å². The van der Waals surface area contributed by atoms with Crippen molar-refractivity contribution < 1.29 is 9.53 Å². The van der Waals surface area contributed by atoms with E-state index in [0.29, 0.717) is 30.9 Å². The zero-order valence-corrected chi connectivity index (χ0v) is 23.4. The summed E-state index contributed by atoms with van der Waals surface area (Å²) in [5, 5.41) is 5.53. The molecular formula is C30H37N7O2. The molecule has 4 aromatic heterocycles. The Morgan fingerprint density at radius 3 is 2.59 bits per heavy atom. The van der Waals surface area contributed by atoms with E-state index < -0.39 is 5.60 Å². The number of nitrogens with zero attached hydrogens (tertiary/aromatic N) is 6. The van der Waals surface area contributed by atoms with Crippen LogP contribution in [-0.2, 0) is 11.3 Å². The van der Waals surface area contributed by atoms with E-state index in [1.807, 2.05) is 51.5 Å². The molecule has 0 aromatic carbocycles. The van der Waals surface area contributed by atoms with Crippen molar-refractivity contribution >= 4 is 39.8 Å². The number of pyridine rings is 2. The van der Waals surface area contributed by atoms with Crippen LogP contribution in [0.1, 0.15) is 83.5 Å². The summed E-state index contributed by atoms with van der Waals surface area (Å²) in [7, 11) is 0. The standard InChI is InChI=1S/C30H37N7O2/c1-18-6-9-21(10-7-18)37-24-15-31-13-12-22(24)23-14-32-28(35-27(23)37)34-25-11-8-20-17-36(16-19(2)26(20)33-25)29(38)39-30(3,4)5/h8,11-15,18-19,21H,6-7,9-10,16-17H2,1-5H3,(H,32,33,34,35)/t18-,19?,21-. The molecule has 39 heavy (non-hydrogen) atoms. The van der Waals surface area contributed by atoms with Crippen LogP contribution in [0.3, 0.4) is 0 Å². The predicted octanol–water partition coefficient (Wildman–Crippen LogP) is 6.72. The summed E-state index contributed by atoms with van der Waals surface area (Å²) >= 11 is 0. The first kappa shape index (κ1) is 25.5. The number of aromatic nitrogens is 5. The second-order valence-electron chi connectivity index (χ2n) is 12.2. The fraction of sp³-hybridized carbons (Fsp3) is 0.500. The topological polar surface area (TPSA) is 98.1 Å². The number of hydrogen-bond acceptors (Lipinski definition) is 7. The normalized spacial score (nSPS) is 21.7. The summed E-state index contributed by atoms with van der Waals surface area (Å²) in [5.74, 6) is 2.07. The molecule has 1 saturated carbocycles. The van der Waals surface area contributed by atoms with Crippen molar-refractivity contribution in [1.82, 2.24) is 29.4 Å². The number of carbonyl (C=O) groups is 1. The van der Waals surface area contributed by atoms with Gasteiger partial charge in [-0.2, -0.15) is 4.98 Å². The fourth-order valence-corrected chi connectivity index (χ4v) is 6.00. The summed E-state index contributed by atoms with van der Waals surface area (Å²) in [5.41, 5.74) is 3.55. The van der Waals surface area contributed by atoms with E-state index in [4.69, 9.17) is 14.7 Å². The average Bonchev–Trinajstić information content (AvgIpc) is 3.22. The van der Waals surface area contributed by atoms with Crippen LogP contribution in [0.15, 0.2) is 36.8 Å². The molecule has 0 spiro atoms. The van der Waals surface area contributed by atoms with Crippen molar-refractivity contribution in [1.29, 1.82) is 0 Å². The molecule has 204 valence electrons. The van der Waals surface area contributed by atoms with E-state index >= 15 is 0 Å². The molecule has 9 nitrogen and oxygen atoms in total. The predicted molar refractivity (Wildman–Crippen MR) is 152 cm³/mol. The highest BCUT2D eigenvalue weighted by molar-refractivity contribution is 6.06. The maximum absolute atomic E-state index is 12.7. The molecule has 4 aromatic rings. The van der Waals surface area contributed by atoms with Gasteiger partial charge >= 0.3 is 6.09 Å². The molecule has 1 N–H and O–H groups in total. The third kappa shape index (κ3) is 5.02. The minimum atomic E-state index is -0.522. The maximum atomic E-state index is 12.7. The molecule has 1 aliphatic heterocycles. The zero-order valence-electron chi connectivity index (χ0n) is 23.4. The Morgan fingerprint density at radius 1 is 1.03 bits per heavy atom. The Hall–Kier alpha value is -3.75. The van der Waals surface area contributed by atoms with E-state index in [0.717, 1.165) is 52.0 Å². The minimum absolute atomic E-state index is 0.0788. The highest BCUT2D eigenvalue weighted by Gasteiger charge is 2.30. The Morgan fingerprint density at radius 2 is 1.82 bits per heavy atom. The van der Waals surface area contributed by atoms with Crippen molar-refractivity contribution in [2.75, 3.05) is 11.9 Å². The lowest BCUT2D eigenvalue weighted by atomic mass is 9.87. The second kappa shape index (κ2) is 9.77. The van der Waals surface area contributed by atoms with Gasteiger partial charge < -0.3 is 19.5 Å². The van der Waals surface area contributed by atoms with Crippen molar-refractivity contribution in [2.45, 2.75) is 84.4 Å². The number of nitrogens with one attached hydrogen (secondary N) is 1. The first-order valence-electron chi connectivity index (χ1n) is 14.0. The summed E-state index contributed by atoms with van der Waals surface area (Å²) in [6, 6.07) is 6.42. The van der Waals surface area contributed by atoms with Gasteiger partial charge in [-0.3, -0.25) is 4.98 Å².